The third kappa shape index (κ3) is 9.11. The Labute approximate surface area is 291 Å². The number of nitrogens with one attached hydrogen (secondary N) is 1. The van der Waals surface area contributed by atoms with Crippen molar-refractivity contribution in [3.8, 4) is 11.1 Å². The molecule has 3 aliphatic heterocycles. The molecule has 3 fully saturated rings. The standard InChI is InChI=1S/C39H46F3N3O5/c40-39(41,42)38(48)45-21-7-10-34(45)36(47)43-24-28-8-6-9-32(22-28)29-15-17-31(18-16-29)37-49-33(25-44-19-4-2-1-3-5-20-44)23-35(50-37)30-13-11-27(26-46)12-14-30/h6,8-9,11-18,22,33-35,37,46H,1-5,7,10,19-21,23-26H2,(H,43,47). The molecule has 0 aliphatic carbocycles. The molecule has 2 amide bonds. The van der Waals surface area contributed by atoms with Gasteiger partial charge in [-0.1, -0.05) is 86.0 Å². The highest BCUT2D eigenvalue weighted by Crippen LogP contribution is 2.39. The number of rotatable bonds is 9. The lowest BCUT2D eigenvalue weighted by molar-refractivity contribution is -0.253. The first-order valence-corrected chi connectivity index (χ1v) is 17.8. The van der Waals surface area contributed by atoms with Crippen LogP contribution in [0.1, 0.15) is 86.0 Å². The Balaban J connectivity index is 1.12. The van der Waals surface area contributed by atoms with Gasteiger partial charge in [-0.05, 0) is 72.7 Å². The Morgan fingerprint density at radius 2 is 1.50 bits per heavy atom. The van der Waals surface area contributed by atoms with E-state index in [1.165, 1.54) is 32.1 Å². The maximum Gasteiger partial charge on any atom is 0.471 e. The number of nitrogens with zero attached hydrogens (tertiary/aromatic N) is 2. The molecule has 3 saturated heterocycles. The summed E-state index contributed by atoms with van der Waals surface area (Å²) in [5.74, 6) is -2.56. The Morgan fingerprint density at radius 1 is 0.800 bits per heavy atom. The summed E-state index contributed by atoms with van der Waals surface area (Å²) in [5, 5.41) is 12.3. The van der Waals surface area contributed by atoms with Gasteiger partial charge in [-0.2, -0.15) is 13.2 Å². The van der Waals surface area contributed by atoms with Crippen LogP contribution in [0.25, 0.3) is 11.1 Å². The van der Waals surface area contributed by atoms with Crippen molar-refractivity contribution >= 4 is 11.8 Å². The molecule has 0 bridgehead atoms. The molecule has 6 rings (SSSR count). The van der Waals surface area contributed by atoms with Crippen LogP contribution < -0.4 is 5.32 Å². The number of aliphatic hydroxyl groups excluding tert-OH is 1. The summed E-state index contributed by atoms with van der Waals surface area (Å²) in [5.41, 5.74) is 5.47. The number of halogens is 3. The first-order valence-electron chi connectivity index (χ1n) is 17.8. The molecule has 3 heterocycles. The lowest BCUT2D eigenvalue weighted by atomic mass is 9.98. The smallest absolute Gasteiger partial charge is 0.392 e. The fourth-order valence-electron chi connectivity index (χ4n) is 7.26. The second kappa shape index (κ2) is 16.5. The largest absolute Gasteiger partial charge is 0.471 e. The monoisotopic (exact) mass is 693 g/mol. The van der Waals surface area contributed by atoms with E-state index < -0.39 is 30.3 Å². The summed E-state index contributed by atoms with van der Waals surface area (Å²) in [6, 6.07) is 22.4. The van der Waals surface area contributed by atoms with Crippen LogP contribution in [0.15, 0.2) is 72.8 Å². The summed E-state index contributed by atoms with van der Waals surface area (Å²) in [4.78, 5) is 27.8. The van der Waals surface area contributed by atoms with Crippen LogP contribution in [-0.4, -0.2) is 71.2 Å². The van der Waals surface area contributed by atoms with Gasteiger partial charge < -0.3 is 29.7 Å². The predicted molar refractivity (Wildman–Crippen MR) is 182 cm³/mol. The molecule has 0 saturated carbocycles. The van der Waals surface area contributed by atoms with Gasteiger partial charge in [0.1, 0.15) is 6.04 Å². The van der Waals surface area contributed by atoms with Crippen LogP contribution in [0, 0.1) is 0 Å². The van der Waals surface area contributed by atoms with Gasteiger partial charge >= 0.3 is 12.1 Å². The number of carbonyl (C=O) groups is 2. The first-order chi connectivity index (χ1) is 24.2. The van der Waals surface area contributed by atoms with E-state index in [1.807, 2.05) is 72.8 Å². The zero-order chi connectivity index (χ0) is 35.1. The second-order valence-corrected chi connectivity index (χ2v) is 13.6. The number of carbonyl (C=O) groups excluding carboxylic acids is 2. The molecular weight excluding hydrogens is 647 g/mol. The van der Waals surface area contributed by atoms with Gasteiger partial charge in [0.15, 0.2) is 6.29 Å². The minimum atomic E-state index is -5.01. The van der Waals surface area contributed by atoms with E-state index in [-0.39, 0.29) is 38.3 Å². The van der Waals surface area contributed by atoms with Crippen LogP contribution in [0.5, 0.6) is 0 Å². The normalized spacial score (nSPS) is 23.6. The predicted octanol–water partition coefficient (Wildman–Crippen LogP) is 6.83. The highest BCUT2D eigenvalue weighted by Gasteiger charge is 2.47. The van der Waals surface area contributed by atoms with Crippen LogP contribution in [-0.2, 0) is 32.2 Å². The zero-order valence-electron chi connectivity index (χ0n) is 28.2. The van der Waals surface area contributed by atoms with Crippen LogP contribution in [0.2, 0.25) is 0 Å². The topological polar surface area (TPSA) is 91.3 Å². The number of amides is 2. The number of hydrogen-bond acceptors (Lipinski definition) is 6. The van der Waals surface area contributed by atoms with Gasteiger partial charge in [-0.25, -0.2) is 0 Å². The average molecular weight is 694 g/mol. The molecule has 3 aliphatic rings. The van der Waals surface area contributed by atoms with E-state index >= 15 is 0 Å². The number of alkyl halides is 3. The molecule has 268 valence electrons. The SMILES string of the molecule is O=C(NCc1cccc(-c2ccc(C3OC(CN4CCCCCCC4)CC(c4ccc(CO)cc4)O3)cc2)c1)C1CCCN1C(=O)C(F)(F)F. The van der Waals surface area contributed by atoms with Gasteiger partial charge in [0, 0.05) is 31.6 Å². The van der Waals surface area contributed by atoms with Crippen LogP contribution in [0.4, 0.5) is 13.2 Å². The third-order valence-corrected chi connectivity index (χ3v) is 9.99. The lowest BCUT2D eigenvalue weighted by Gasteiger charge is -2.38. The highest BCUT2D eigenvalue weighted by atomic mass is 19.4. The molecule has 0 radical (unpaired) electrons. The number of likely N-dealkylation sites (tertiary alicyclic amines) is 2. The molecule has 11 heteroatoms. The van der Waals surface area contributed by atoms with E-state index in [2.05, 4.69) is 10.2 Å². The quantitative estimate of drug-likeness (QED) is 0.256. The lowest BCUT2D eigenvalue weighted by Crippen LogP contribution is -2.50. The zero-order valence-corrected chi connectivity index (χ0v) is 28.2. The highest BCUT2D eigenvalue weighted by molar-refractivity contribution is 5.90. The maximum absolute atomic E-state index is 13.0. The van der Waals surface area contributed by atoms with Gasteiger partial charge in [-0.15, -0.1) is 0 Å². The summed E-state index contributed by atoms with van der Waals surface area (Å²) in [7, 11) is 0. The molecule has 0 spiro atoms. The maximum atomic E-state index is 13.0. The van der Waals surface area contributed by atoms with E-state index in [0.29, 0.717) is 11.3 Å². The Bertz CT molecular complexity index is 1580. The molecular formula is C39H46F3N3O5. The number of benzene rings is 3. The molecule has 4 atom stereocenters. The Kier molecular flexibility index (Phi) is 11.9. The van der Waals surface area contributed by atoms with Gasteiger partial charge in [0.05, 0.1) is 18.8 Å². The fourth-order valence-corrected chi connectivity index (χ4v) is 7.26. The molecule has 4 unspecified atom stereocenters. The minimum Gasteiger partial charge on any atom is -0.392 e. The molecule has 3 aromatic carbocycles. The Hall–Kier alpha value is -3.77. The van der Waals surface area contributed by atoms with Crippen molar-refractivity contribution in [1.82, 2.24) is 15.1 Å². The molecule has 0 aromatic heterocycles. The summed E-state index contributed by atoms with van der Waals surface area (Å²) in [6.07, 6.45) is 1.81. The van der Waals surface area contributed by atoms with Crippen molar-refractivity contribution in [2.75, 3.05) is 26.2 Å². The van der Waals surface area contributed by atoms with E-state index in [9.17, 15) is 27.9 Å². The molecule has 50 heavy (non-hydrogen) atoms. The minimum absolute atomic E-state index is 0.00818. The van der Waals surface area contributed by atoms with Crippen LogP contribution >= 0.6 is 0 Å². The van der Waals surface area contributed by atoms with Crippen molar-refractivity contribution in [3.05, 3.63) is 95.1 Å². The summed E-state index contributed by atoms with van der Waals surface area (Å²) >= 11 is 0. The van der Waals surface area contributed by atoms with E-state index in [1.54, 1.807) is 0 Å². The van der Waals surface area contributed by atoms with Crippen molar-refractivity contribution < 1.29 is 37.3 Å². The number of aliphatic hydroxyl groups is 1. The first kappa shape index (κ1) is 36.0. The third-order valence-electron chi connectivity index (χ3n) is 9.99. The van der Waals surface area contributed by atoms with Crippen molar-refractivity contribution in [3.63, 3.8) is 0 Å². The van der Waals surface area contributed by atoms with Crippen molar-refractivity contribution in [2.24, 2.45) is 0 Å². The fraction of sp³-hybridized carbons (Fsp3) is 0.487. The summed E-state index contributed by atoms with van der Waals surface area (Å²) in [6.45, 7) is 3.04. The number of ether oxygens (including phenoxy) is 2. The molecule has 8 nitrogen and oxygen atoms in total. The second-order valence-electron chi connectivity index (χ2n) is 13.6. The molecule has 2 N–H and O–H groups in total. The Morgan fingerprint density at radius 3 is 2.20 bits per heavy atom. The van der Waals surface area contributed by atoms with E-state index in [0.717, 1.165) is 59.4 Å². The van der Waals surface area contributed by atoms with Crippen molar-refractivity contribution in [1.29, 1.82) is 0 Å². The van der Waals surface area contributed by atoms with E-state index in [4.69, 9.17) is 9.47 Å². The van der Waals surface area contributed by atoms with Crippen LogP contribution in [0.3, 0.4) is 0 Å². The van der Waals surface area contributed by atoms with Gasteiger partial charge in [0.25, 0.3) is 0 Å². The summed E-state index contributed by atoms with van der Waals surface area (Å²) < 4.78 is 52.2. The van der Waals surface area contributed by atoms with Gasteiger partial charge in [-0.3, -0.25) is 9.59 Å². The van der Waals surface area contributed by atoms with Gasteiger partial charge in [0.2, 0.25) is 5.91 Å². The molecule has 3 aromatic rings. The average Bonchev–Trinajstić information content (AvgIpc) is 3.61. The number of hydrogen-bond donors (Lipinski definition) is 2. The van der Waals surface area contributed by atoms with Crippen molar-refractivity contribution in [2.45, 2.75) is 95.2 Å².